The van der Waals surface area contributed by atoms with E-state index >= 15 is 0 Å². The summed E-state index contributed by atoms with van der Waals surface area (Å²) in [6.07, 6.45) is 0.593. The number of nitrogens with zero attached hydrogens (tertiary/aromatic N) is 4. The first-order chi connectivity index (χ1) is 11.5. The summed E-state index contributed by atoms with van der Waals surface area (Å²) in [6.45, 7) is 3.34. The number of hydrogen-bond acceptors (Lipinski definition) is 6. The molecule has 0 saturated carbocycles. The highest BCUT2D eigenvalue weighted by Crippen LogP contribution is 2.19. The number of rotatable bonds is 3. The molecule has 1 amide bonds. The highest BCUT2D eigenvalue weighted by molar-refractivity contribution is 7.89. The molecule has 0 aliphatic carbocycles. The SMILES string of the molecule is Cc1nnc(C(=O)N2CCCN(S(=O)(=O)c3ccccc3)CC2)s1. The van der Waals surface area contributed by atoms with E-state index in [0.717, 1.165) is 5.01 Å². The number of sulfonamides is 1. The number of carbonyl (C=O) groups is 1. The molecule has 128 valence electrons. The maximum atomic E-state index is 12.7. The van der Waals surface area contributed by atoms with Crippen LogP contribution in [0, 0.1) is 6.92 Å². The fourth-order valence-corrected chi connectivity index (χ4v) is 4.75. The Balaban J connectivity index is 1.72. The summed E-state index contributed by atoms with van der Waals surface area (Å²) in [4.78, 5) is 14.4. The Hall–Kier alpha value is -1.84. The van der Waals surface area contributed by atoms with Crippen LogP contribution in [0.3, 0.4) is 0 Å². The molecule has 2 heterocycles. The third kappa shape index (κ3) is 3.47. The van der Waals surface area contributed by atoms with E-state index in [1.807, 2.05) is 0 Å². The molecule has 7 nitrogen and oxygen atoms in total. The maximum Gasteiger partial charge on any atom is 0.284 e. The van der Waals surface area contributed by atoms with E-state index < -0.39 is 10.0 Å². The summed E-state index contributed by atoms with van der Waals surface area (Å²) in [5.74, 6) is -0.181. The van der Waals surface area contributed by atoms with Crippen LogP contribution >= 0.6 is 11.3 Å². The maximum absolute atomic E-state index is 12.7. The fourth-order valence-electron chi connectivity index (χ4n) is 2.60. The molecule has 24 heavy (non-hydrogen) atoms. The topological polar surface area (TPSA) is 83.5 Å². The van der Waals surface area contributed by atoms with Crippen molar-refractivity contribution in [3.63, 3.8) is 0 Å². The van der Waals surface area contributed by atoms with E-state index in [1.54, 1.807) is 42.2 Å². The minimum Gasteiger partial charge on any atom is -0.335 e. The van der Waals surface area contributed by atoms with Crippen molar-refractivity contribution < 1.29 is 13.2 Å². The van der Waals surface area contributed by atoms with E-state index in [-0.39, 0.29) is 17.3 Å². The zero-order valence-corrected chi connectivity index (χ0v) is 14.9. The molecule has 0 radical (unpaired) electrons. The predicted molar refractivity (Wildman–Crippen MR) is 90.4 cm³/mol. The molecule has 1 fully saturated rings. The van der Waals surface area contributed by atoms with Crippen molar-refractivity contribution in [2.45, 2.75) is 18.2 Å². The van der Waals surface area contributed by atoms with Crippen LogP contribution in [0.1, 0.15) is 21.2 Å². The van der Waals surface area contributed by atoms with Gasteiger partial charge in [0.1, 0.15) is 5.01 Å². The second-order valence-corrected chi connectivity index (χ2v) is 8.61. The molecule has 1 aliphatic heterocycles. The molecule has 1 aromatic heterocycles. The number of benzene rings is 1. The minimum atomic E-state index is -3.53. The van der Waals surface area contributed by atoms with Gasteiger partial charge in [-0.05, 0) is 25.5 Å². The third-order valence-corrected chi connectivity index (χ3v) is 6.57. The van der Waals surface area contributed by atoms with Gasteiger partial charge in [0.25, 0.3) is 5.91 Å². The molecule has 0 N–H and O–H groups in total. The monoisotopic (exact) mass is 366 g/mol. The van der Waals surface area contributed by atoms with Gasteiger partial charge in [-0.15, -0.1) is 10.2 Å². The van der Waals surface area contributed by atoms with Gasteiger partial charge in [0.2, 0.25) is 15.0 Å². The zero-order chi connectivity index (χ0) is 17.2. The van der Waals surface area contributed by atoms with Crippen LogP contribution in [-0.4, -0.2) is 59.9 Å². The van der Waals surface area contributed by atoms with Crippen LogP contribution in [0.25, 0.3) is 0 Å². The van der Waals surface area contributed by atoms with E-state index in [4.69, 9.17) is 0 Å². The van der Waals surface area contributed by atoms with Crippen molar-refractivity contribution in [1.82, 2.24) is 19.4 Å². The Bertz CT molecular complexity index is 820. The fraction of sp³-hybridized carbons (Fsp3) is 0.400. The van der Waals surface area contributed by atoms with Crippen molar-refractivity contribution in [1.29, 1.82) is 0 Å². The average Bonchev–Trinajstić information content (AvgIpc) is 2.86. The Labute approximate surface area is 145 Å². The predicted octanol–water partition coefficient (Wildman–Crippen LogP) is 1.38. The minimum absolute atomic E-state index is 0.181. The third-order valence-electron chi connectivity index (χ3n) is 3.83. The van der Waals surface area contributed by atoms with E-state index in [1.165, 1.54) is 15.6 Å². The van der Waals surface area contributed by atoms with E-state index in [9.17, 15) is 13.2 Å². The number of hydrogen-bond donors (Lipinski definition) is 0. The lowest BCUT2D eigenvalue weighted by Gasteiger charge is -2.21. The summed E-state index contributed by atoms with van der Waals surface area (Å²) < 4.78 is 26.8. The van der Waals surface area contributed by atoms with Crippen LogP contribution < -0.4 is 0 Å². The first kappa shape index (κ1) is 17.0. The van der Waals surface area contributed by atoms with E-state index in [0.29, 0.717) is 31.1 Å². The largest absolute Gasteiger partial charge is 0.335 e. The molecular weight excluding hydrogens is 348 g/mol. The first-order valence-electron chi connectivity index (χ1n) is 7.63. The normalized spacial score (nSPS) is 16.8. The Kier molecular flexibility index (Phi) is 4.93. The molecule has 1 saturated heterocycles. The molecule has 1 aromatic carbocycles. The molecule has 0 bridgehead atoms. The summed E-state index contributed by atoms with van der Waals surface area (Å²) in [5.41, 5.74) is 0. The molecule has 0 spiro atoms. The Morgan fingerprint density at radius 3 is 2.50 bits per heavy atom. The lowest BCUT2D eigenvalue weighted by Crippen LogP contribution is -2.37. The van der Waals surface area contributed by atoms with Crippen molar-refractivity contribution in [2.75, 3.05) is 26.2 Å². The van der Waals surface area contributed by atoms with Gasteiger partial charge in [0.15, 0.2) is 0 Å². The summed E-state index contributed by atoms with van der Waals surface area (Å²) in [6, 6.07) is 8.38. The van der Waals surface area contributed by atoms with Gasteiger partial charge in [-0.2, -0.15) is 4.31 Å². The molecule has 0 atom stereocenters. The second kappa shape index (κ2) is 6.96. The van der Waals surface area contributed by atoms with Gasteiger partial charge in [-0.25, -0.2) is 8.42 Å². The summed E-state index contributed by atoms with van der Waals surface area (Å²) in [5, 5.41) is 8.84. The molecular formula is C15H18N4O3S2. The number of carbonyl (C=O) groups excluding carboxylic acids is 1. The lowest BCUT2D eigenvalue weighted by atomic mass is 10.4. The molecule has 2 aromatic rings. The Morgan fingerprint density at radius 1 is 1.08 bits per heavy atom. The van der Waals surface area contributed by atoms with Crippen molar-refractivity contribution in [3.05, 3.63) is 40.3 Å². The standard InChI is InChI=1S/C15H18N4O3S2/c1-12-16-17-14(23-12)15(20)18-8-5-9-19(11-10-18)24(21,22)13-6-3-2-4-7-13/h2-4,6-7H,5,8-11H2,1H3. The first-order valence-corrected chi connectivity index (χ1v) is 9.89. The highest BCUT2D eigenvalue weighted by Gasteiger charge is 2.29. The van der Waals surface area contributed by atoms with Crippen molar-refractivity contribution >= 4 is 27.3 Å². The number of amides is 1. The van der Waals surface area contributed by atoms with Gasteiger partial charge in [-0.3, -0.25) is 4.79 Å². The Morgan fingerprint density at radius 2 is 1.83 bits per heavy atom. The molecule has 0 unspecified atom stereocenters. The quantitative estimate of drug-likeness (QED) is 0.819. The molecule has 1 aliphatic rings. The lowest BCUT2D eigenvalue weighted by molar-refractivity contribution is 0.0763. The number of aryl methyl sites for hydroxylation is 1. The van der Waals surface area contributed by atoms with E-state index in [2.05, 4.69) is 10.2 Å². The average molecular weight is 366 g/mol. The van der Waals surface area contributed by atoms with Crippen LogP contribution in [0.5, 0.6) is 0 Å². The molecule has 3 rings (SSSR count). The van der Waals surface area contributed by atoms with Crippen LogP contribution in [0.15, 0.2) is 35.2 Å². The van der Waals surface area contributed by atoms with Gasteiger partial charge >= 0.3 is 0 Å². The van der Waals surface area contributed by atoms with Gasteiger partial charge in [0.05, 0.1) is 4.90 Å². The summed E-state index contributed by atoms with van der Waals surface area (Å²) >= 11 is 1.25. The highest BCUT2D eigenvalue weighted by atomic mass is 32.2. The van der Waals surface area contributed by atoms with Gasteiger partial charge < -0.3 is 4.90 Å². The smallest absolute Gasteiger partial charge is 0.284 e. The van der Waals surface area contributed by atoms with Gasteiger partial charge in [-0.1, -0.05) is 29.5 Å². The van der Waals surface area contributed by atoms with Crippen molar-refractivity contribution in [2.24, 2.45) is 0 Å². The summed E-state index contributed by atoms with van der Waals surface area (Å²) in [7, 11) is -3.53. The van der Waals surface area contributed by atoms with Crippen LogP contribution in [-0.2, 0) is 10.0 Å². The zero-order valence-electron chi connectivity index (χ0n) is 13.3. The molecule has 9 heteroatoms. The number of aromatic nitrogens is 2. The van der Waals surface area contributed by atoms with Gasteiger partial charge in [0, 0.05) is 26.2 Å². The second-order valence-electron chi connectivity index (χ2n) is 5.49. The van der Waals surface area contributed by atoms with Crippen molar-refractivity contribution in [3.8, 4) is 0 Å². The van der Waals surface area contributed by atoms with Crippen LogP contribution in [0.4, 0.5) is 0 Å². The van der Waals surface area contributed by atoms with Crippen LogP contribution in [0.2, 0.25) is 0 Å².